The molecule has 1 heterocycles. The fraction of sp³-hybridized carbons (Fsp3) is 0.923. The Labute approximate surface area is 130 Å². The van der Waals surface area contributed by atoms with Crippen molar-refractivity contribution in [1.29, 1.82) is 0 Å². The summed E-state index contributed by atoms with van der Waals surface area (Å²) in [5.41, 5.74) is 0. The van der Waals surface area contributed by atoms with Gasteiger partial charge in [0.25, 0.3) is 0 Å². The molecule has 0 aromatic heterocycles. The van der Waals surface area contributed by atoms with Crippen molar-refractivity contribution in [3.63, 3.8) is 0 Å². The number of carbonyl (C=O) groups excluding carboxylic acids is 1. The third kappa shape index (κ3) is 6.80. The number of piperidine rings is 1. The summed E-state index contributed by atoms with van der Waals surface area (Å²) in [5, 5.41) is 3.02. The second-order valence-corrected chi connectivity index (χ2v) is 5.22. The van der Waals surface area contributed by atoms with E-state index in [1.165, 1.54) is 0 Å². The summed E-state index contributed by atoms with van der Waals surface area (Å²) in [6, 6.07) is 1.07. The van der Waals surface area contributed by atoms with Gasteiger partial charge in [-0.15, -0.1) is 24.8 Å². The van der Waals surface area contributed by atoms with E-state index in [2.05, 4.69) is 24.1 Å². The number of rotatable bonds is 5. The van der Waals surface area contributed by atoms with Crippen LogP contribution in [0.25, 0.3) is 0 Å². The molecule has 0 aromatic carbocycles. The third-order valence-corrected chi connectivity index (χ3v) is 3.76. The maximum absolute atomic E-state index is 11.9. The van der Waals surface area contributed by atoms with Gasteiger partial charge in [0, 0.05) is 45.2 Å². The molecule has 1 aliphatic rings. The van der Waals surface area contributed by atoms with E-state index in [0.717, 1.165) is 32.5 Å². The minimum atomic E-state index is 0. The smallest absolute Gasteiger partial charge is 0.223 e. The van der Waals surface area contributed by atoms with Gasteiger partial charge < -0.3 is 15.1 Å². The maximum Gasteiger partial charge on any atom is 0.223 e. The van der Waals surface area contributed by atoms with Crippen LogP contribution in [-0.4, -0.2) is 61.5 Å². The number of likely N-dealkylation sites (tertiary alicyclic amines) is 1. The van der Waals surface area contributed by atoms with E-state index in [9.17, 15) is 4.79 Å². The van der Waals surface area contributed by atoms with Crippen molar-refractivity contribution in [2.75, 3.05) is 33.7 Å². The Bertz CT molecular complexity index is 244. The summed E-state index contributed by atoms with van der Waals surface area (Å²) < 4.78 is 0. The van der Waals surface area contributed by atoms with Crippen LogP contribution in [-0.2, 0) is 4.79 Å². The average molecular weight is 314 g/mol. The Morgan fingerprint density at radius 2 is 1.84 bits per heavy atom. The summed E-state index contributed by atoms with van der Waals surface area (Å²) in [4.78, 5) is 16.3. The summed E-state index contributed by atoms with van der Waals surface area (Å²) in [6.07, 6.45) is 2.83. The Kier molecular flexibility index (Phi) is 12.0. The predicted molar refractivity (Wildman–Crippen MR) is 85.5 cm³/mol. The number of nitrogens with zero attached hydrogens (tertiary/aromatic N) is 2. The highest BCUT2D eigenvalue weighted by atomic mass is 35.5. The van der Waals surface area contributed by atoms with Gasteiger partial charge in [-0.25, -0.2) is 0 Å². The zero-order valence-electron chi connectivity index (χ0n) is 12.5. The van der Waals surface area contributed by atoms with E-state index in [0.29, 0.717) is 18.5 Å². The maximum atomic E-state index is 11.9. The van der Waals surface area contributed by atoms with Crippen LogP contribution in [0.1, 0.15) is 33.1 Å². The van der Waals surface area contributed by atoms with E-state index < -0.39 is 0 Å². The largest absolute Gasteiger partial charge is 0.343 e. The van der Waals surface area contributed by atoms with Gasteiger partial charge in [0.1, 0.15) is 0 Å². The van der Waals surface area contributed by atoms with Crippen molar-refractivity contribution in [1.82, 2.24) is 15.1 Å². The van der Waals surface area contributed by atoms with Crippen molar-refractivity contribution in [3.05, 3.63) is 0 Å². The van der Waals surface area contributed by atoms with Crippen molar-refractivity contribution >= 4 is 30.7 Å². The first kappa shape index (κ1) is 21.3. The molecule has 0 spiro atoms. The Balaban J connectivity index is 0. The summed E-state index contributed by atoms with van der Waals surface area (Å²) in [5.74, 6) is 0.266. The molecule has 6 heteroatoms. The van der Waals surface area contributed by atoms with Gasteiger partial charge in [0.15, 0.2) is 0 Å². The monoisotopic (exact) mass is 313 g/mol. The molecule has 1 saturated heterocycles. The minimum absolute atomic E-state index is 0. The number of amides is 1. The van der Waals surface area contributed by atoms with E-state index in [1.807, 2.05) is 19.0 Å². The van der Waals surface area contributed by atoms with Crippen LogP contribution in [0.3, 0.4) is 0 Å². The molecule has 116 valence electrons. The lowest BCUT2D eigenvalue weighted by Gasteiger charge is -2.38. The highest BCUT2D eigenvalue weighted by Crippen LogP contribution is 2.17. The molecule has 1 N–H and O–H groups in total. The number of carbonyl (C=O) groups is 1. The first-order chi connectivity index (χ1) is 8.06. The molecule has 19 heavy (non-hydrogen) atoms. The quantitative estimate of drug-likeness (QED) is 0.840. The molecule has 0 radical (unpaired) electrons. The van der Waals surface area contributed by atoms with Crippen molar-refractivity contribution in [2.24, 2.45) is 0 Å². The van der Waals surface area contributed by atoms with Crippen molar-refractivity contribution < 1.29 is 4.79 Å². The summed E-state index contributed by atoms with van der Waals surface area (Å²) in [7, 11) is 3.84. The summed E-state index contributed by atoms with van der Waals surface area (Å²) in [6.45, 7) is 7.48. The van der Waals surface area contributed by atoms with Gasteiger partial charge in [0.2, 0.25) is 5.91 Å². The van der Waals surface area contributed by atoms with Gasteiger partial charge in [-0.3, -0.25) is 4.79 Å². The zero-order chi connectivity index (χ0) is 12.8. The molecule has 0 unspecified atom stereocenters. The first-order valence-corrected chi connectivity index (χ1v) is 6.70. The van der Waals surface area contributed by atoms with Crippen LogP contribution in [0, 0.1) is 0 Å². The molecule has 4 nitrogen and oxygen atoms in total. The van der Waals surface area contributed by atoms with Gasteiger partial charge in [-0.05, 0) is 33.7 Å². The van der Waals surface area contributed by atoms with Crippen LogP contribution in [0.15, 0.2) is 0 Å². The average Bonchev–Trinajstić information content (AvgIpc) is 2.35. The fourth-order valence-corrected chi connectivity index (χ4v) is 2.40. The lowest BCUT2D eigenvalue weighted by Crippen LogP contribution is -2.47. The second-order valence-electron chi connectivity index (χ2n) is 5.22. The molecule has 1 rings (SSSR count). The highest BCUT2D eigenvalue weighted by Gasteiger charge is 2.25. The van der Waals surface area contributed by atoms with E-state index in [-0.39, 0.29) is 30.7 Å². The minimum Gasteiger partial charge on any atom is -0.343 e. The van der Waals surface area contributed by atoms with E-state index in [4.69, 9.17) is 0 Å². The molecular weight excluding hydrogens is 285 g/mol. The molecule has 0 atom stereocenters. The molecule has 0 bridgehead atoms. The molecule has 0 saturated carbocycles. The third-order valence-electron chi connectivity index (χ3n) is 3.76. The predicted octanol–water partition coefficient (Wildman–Crippen LogP) is 1.77. The van der Waals surface area contributed by atoms with E-state index >= 15 is 0 Å². The second kappa shape index (κ2) is 10.7. The van der Waals surface area contributed by atoms with Crippen LogP contribution in [0.2, 0.25) is 0 Å². The number of hydrogen-bond donors (Lipinski definition) is 1. The van der Waals surface area contributed by atoms with Gasteiger partial charge in [-0.1, -0.05) is 0 Å². The standard InChI is InChI=1S/C13H27N3O.2ClH/c1-11(2)16-9-6-12(7-10-16)15(4)13(17)5-8-14-3;;/h11-12,14H,5-10H2,1-4H3;2*1H. The molecule has 0 aromatic rings. The van der Waals surface area contributed by atoms with Crippen LogP contribution in [0.4, 0.5) is 0 Å². The van der Waals surface area contributed by atoms with Crippen molar-refractivity contribution in [2.45, 2.75) is 45.2 Å². The topological polar surface area (TPSA) is 35.6 Å². The van der Waals surface area contributed by atoms with Gasteiger partial charge in [0.05, 0.1) is 0 Å². The molecule has 0 aliphatic carbocycles. The highest BCUT2D eigenvalue weighted by molar-refractivity contribution is 5.85. The lowest BCUT2D eigenvalue weighted by molar-refractivity contribution is -0.132. The van der Waals surface area contributed by atoms with Crippen LogP contribution >= 0.6 is 24.8 Å². The molecule has 1 aliphatic heterocycles. The Morgan fingerprint density at radius 1 is 1.32 bits per heavy atom. The molecular formula is C13H29Cl2N3O. The first-order valence-electron chi connectivity index (χ1n) is 6.70. The summed E-state index contributed by atoms with van der Waals surface area (Å²) >= 11 is 0. The Hall–Kier alpha value is -0.0300. The number of halogens is 2. The zero-order valence-corrected chi connectivity index (χ0v) is 14.1. The van der Waals surface area contributed by atoms with Gasteiger partial charge in [-0.2, -0.15) is 0 Å². The molecule has 1 fully saturated rings. The van der Waals surface area contributed by atoms with Crippen molar-refractivity contribution in [3.8, 4) is 0 Å². The number of hydrogen-bond acceptors (Lipinski definition) is 3. The van der Waals surface area contributed by atoms with Crippen LogP contribution in [0.5, 0.6) is 0 Å². The van der Waals surface area contributed by atoms with Gasteiger partial charge >= 0.3 is 0 Å². The SMILES string of the molecule is CNCCC(=O)N(C)C1CCN(C(C)C)CC1.Cl.Cl. The molecule has 1 amide bonds. The lowest BCUT2D eigenvalue weighted by atomic mass is 10.0. The van der Waals surface area contributed by atoms with E-state index in [1.54, 1.807) is 0 Å². The fourth-order valence-electron chi connectivity index (χ4n) is 2.40. The normalized spacial score (nSPS) is 16.7. The van der Waals surface area contributed by atoms with Crippen LogP contribution < -0.4 is 5.32 Å². The number of nitrogens with one attached hydrogen (secondary N) is 1. The Morgan fingerprint density at radius 3 is 2.26 bits per heavy atom.